The second-order valence-electron chi connectivity index (χ2n) is 19.0. The van der Waals surface area contributed by atoms with Crippen LogP contribution in [0.25, 0.3) is 53.0 Å². The summed E-state index contributed by atoms with van der Waals surface area (Å²) < 4.78 is 2.58. The number of aliphatic hydroxyl groups excluding tert-OH is 2. The summed E-state index contributed by atoms with van der Waals surface area (Å²) in [7, 11) is 0. The quantitative estimate of drug-likeness (QED) is 0.163. The second-order valence-corrected chi connectivity index (χ2v) is 20.0. The predicted octanol–water partition coefficient (Wildman–Crippen LogP) is 13.8. The number of aromatic nitrogens is 1. The number of nitrogens with zero attached hydrogens (tertiary/aromatic N) is 3. The van der Waals surface area contributed by atoms with Crippen LogP contribution in [0.2, 0.25) is 0 Å². The Kier molecular flexibility index (Phi) is 15.2. The van der Waals surface area contributed by atoms with Gasteiger partial charge in [-0.3, -0.25) is 4.98 Å². The normalized spacial score (nSPS) is 15.6. The molecule has 1 aliphatic heterocycles. The largest absolute Gasteiger partial charge is 3.00 e. The molecule has 0 bridgehead atoms. The van der Waals surface area contributed by atoms with Crippen LogP contribution in [0.5, 0.6) is 0 Å². The molecule has 0 amide bonds. The zero-order chi connectivity index (χ0) is 42.6. The van der Waals surface area contributed by atoms with Crippen LogP contribution >= 0.6 is 11.3 Å². The van der Waals surface area contributed by atoms with E-state index in [9.17, 15) is 0 Å². The van der Waals surface area contributed by atoms with E-state index in [1.165, 1.54) is 79.6 Å². The van der Waals surface area contributed by atoms with Gasteiger partial charge in [-0.05, 0) is 90.5 Å². The molecule has 9 rings (SSSR count). The maximum atomic E-state index is 8.56. The summed E-state index contributed by atoms with van der Waals surface area (Å²) in [5, 5.41) is 24.8. The van der Waals surface area contributed by atoms with Crippen molar-refractivity contribution in [1.82, 2.24) is 9.88 Å². The molecule has 2 unspecified atom stereocenters. The molecule has 0 spiro atoms. The molecule has 0 radical (unpaired) electrons. The van der Waals surface area contributed by atoms with E-state index in [1.54, 1.807) is 13.8 Å². The minimum absolute atomic E-state index is 0. The summed E-state index contributed by atoms with van der Waals surface area (Å²) in [6.07, 6.45) is 13.9. The van der Waals surface area contributed by atoms with E-state index in [0.717, 1.165) is 28.8 Å². The van der Waals surface area contributed by atoms with Crippen LogP contribution in [-0.2, 0) is 31.9 Å². The third-order valence-corrected chi connectivity index (χ3v) is 12.6. The molecular weight excluding hydrogens is 947 g/mol. The Morgan fingerprint density at radius 3 is 2.16 bits per heavy atom. The zero-order valence-electron chi connectivity index (χ0n) is 37.1. The Labute approximate surface area is 381 Å². The van der Waals surface area contributed by atoms with E-state index >= 15 is 0 Å². The number of rotatable bonds is 6. The van der Waals surface area contributed by atoms with Crippen LogP contribution in [0, 0.1) is 24.2 Å². The maximum Gasteiger partial charge on any atom is 3.00 e. The summed E-state index contributed by atoms with van der Waals surface area (Å²) in [5.41, 5.74) is 6.26. The summed E-state index contributed by atoms with van der Waals surface area (Å²) in [5.74, 6) is 0. The number of benzene rings is 5. The third-order valence-electron chi connectivity index (χ3n) is 11.3. The third kappa shape index (κ3) is 11.5. The SMILES string of the molecule is CC(C)(C)Cc1ccc2c(ccc3c4ccnc(-c5[c-]c6ccccc6c(C(C)(C)C)c5)c4sc23)c1.CC(O)CC(C)O.[Ir+3].[c-]1ccccc1N1C=CN(C2CCCCC2)[CH-]1. The molecule has 5 nitrogen and oxygen atoms in total. The predicted molar refractivity (Wildman–Crippen MR) is 256 cm³/mol. The minimum Gasteiger partial charge on any atom is -0.505 e. The number of aliphatic hydroxyl groups is 2. The van der Waals surface area contributed by atoms with Crippen LogP contribution < -0.4 is 4.90 Å². The van der Waals surface area contributed by atoms with E-state index in [4.69, 9.17) is 15.2 Å². The number of hydrogen-bond donors (Lipinski definition) is 2. The smallest absolute Gasteiger partial charge is 0.505 e. The topological polar surface area (TPSA) is 59.8 Å². The van der Waals surface area contributed by atoms with Crippen LogP contribution in [0.15, 0.2) is 110 Å². The summed E-state index contributed by atoms with van der Waals surface area (Å²) >= 11 is 1.87. The fraction of sp³-hybridized carbons (Fsp3) is 0.370. The summed E-state index contributed by atoms with van der Waals surface area (Å²) in [4.78, 5) is 9.42. The van der Waals surface area contributed by atoms with Crippen molar-refractivity contribution in [2.45, 2.75) is 124 Å². The van der Waals surface area contributed by atoms with E-state index < -0.39 is 0 Å². The molecule has 5 aromatic carbocycles. The first-order chi connectivity index (χ1) is 28.6. The molecule has 2 N–H and O–H groups in total. The van der Waals surface area contributed by atoms with Gasteiger partial charge < -0.3 is 20.0 Å². The first-order valence-electron chi connectivity index (χ1n) is 21.8. The number of pyridine rings is 1. The van der Waals surface area contributed by atoms with Gasteiger partial charge in [0, 0.05) is 32.7 Å². The van der Waals surface area contributed by atoms with Crippen molar-refractivity contribution in [2.75, 3.05) is 4.90 Å². The molecule has 2 aliphatic rings. The van der Waals surface area contributed by atoms with Crippen molar-refractivity contribution in [2.24, 2.45) is 5.41 Å². The molecule has 3 heterocycles. The average Bonchev–Trinajstić information content (AvgIpc) is 3.86. The van der Waals surface area contributed by atoms with Crippen molar-refractivity contribution in [1.29, 1.82) is 0 Å². The molecule has 61 heavy (non-hydrogen) atoms. The van der Waals surface area contributed by atoms with Crippen LogP contribution in [-0.4, -0.2) is 38.3 Å². The van der Waals surface area contributed by atoms with E-state index in [-0.39, 0.29) is 43.1 Å². The Hall–Kier alpha value is -4.10. The Morgan fingerprint density at radius 2 is 1.49 bits per heavy atom. The van der Waals surface area contributed by atoms with E-state index in [0.29, 0.717) is 12.5 Å². The Balaban J connectivity index is 0.000000206. The fourth-order valence-electron chi connectivity index (χ4n) is 8.58. The van der Waals surface area contributed by atoms with Crippen LogP contribution in [0.4, 0.5) is 5.69 Å². The van der Waals surface area contributed by atoms with Gasteiger partial charge in [0.15, 0.2) is 0 Å². The number of thiophene rings is 1. The van der Waals surface area contributed by atoms with Gasteiger partial charge in [-0.15, -0.1) is 46.2 Å². The number of para-hydroxylation sites is 1. The monoisotopic (exact) mass is 1010 g/mol. The van der Waals surface area contributed by atoms with Crippen LogP contribution in [0.1, 0.15) is 105 Å². The molecule has 1 fully saturated rings. The zero-order valence-corrected chi connectivity index (χ0v) is 40.3. The molecule has 2 aromatic heterocycles. The van der Waals surface area contributed by atoms with E-state index in [2.05, 4.69) is 161 Å². The molecule has 320 valence electrons. The molecule has 7 heteroatoms. The van der Waals surface area contributed by atoms with Crippen molar-refractivity contribution in [3.63, 3.8) is 0 Å². The van der Waals surface area contributed by atoms with Gasteiger partial charge >= 0.3 is 20.1 Å². The Morgan fingerprint density at radius 1 is 0.787 bits per heavy atom. The molecule has 7 aromatic rings. The van der Waals surface area contributed by atoms with Gasteiger partial charge in [-0.1, -0.05) is 120 Å². The van der Waals surface area contributed by atoms with Gasteiger partial charge in [0.05, 0.1) is 12.2 Å². The molecule has 1 saturated carbocycles. The second kappa shape index (κ2) is 19.9. The average molecular weight is 1010 g/mol. The first kappa shape index (κ1) is 46.4. The van der Waals surface area contributed by atoms with Gasteiger partial charge in [-0.2, -0.15) is 37.0 Å². The van der Waals surface area contributed by atoms with Crippen LogP contribution in [0.3, 0.4) is 0 Å². The van der Waals surface area contributed by atoms with Crippen molar-refractivity contribution in [3.05, 3.63) is 140 Å². The summed E-state index contributed by atoms with van der Waals surface area (Å²) in [6, 6.07) is 40.4. The summed E-state index contributed by atoms with van der Waals surface area (Å²) in [6.45, 7) is 19.3. The number of fused-ring (bicyclic) bond motifs is 6. The van der Waals surface area contributed by atoms with Gasteiger partial charge in [0.2, 0.25) is 0 Å². The first-order valence-corrected chi connectivity index (χ1v) is 22.6. The number of hydrogen-bond acceptors (Lipinski definition) is 6. The molecular formula is C54H62IrN3O2S. The van der Waals surface area contributed by atoms with Gasteiger partial charge in [-0.25, -0.2) is 0 Å². The van der Waals surface area contributed by atoms with Gasteiger partial charge in [0.1, 0.15) is 0 Å². The molecule has 2 atom stereocenters. The van der Waals surface area contributed by atoms with Crippen molar-refractivity contribution >= 4 is 58.7 Å². The van der Waals surface area contributed by atoms with Crippen molar-refractivity contribution in [3.8, 4) is 11.3 Å². The Bertz CT molecular complexity index is 2550. The minimum atomic E-state index is -0.375. The fourth-order valence-corrected chi connectivity index (χ4v) is 9.91. The maximum absolute atomic E-state index is 8.56. The van der Waals surface area contributed by atoms with Gasteiger partial charge in [0.25, 0.3) is 0 Å². The molecule has 0 saturated heterocycles. The van der Waals surface area contributed by atoms with Crippen molar-refractivity contribution < 1.29 is 30.3 Å². The standard InChI is InChI=1S/C34H32NS.C15H18N2.C5H12O2.Ir/c1-33(2,3)20-21-11-13-26-23(17-21)12-14-27-28-15-16-35-30(32(28)36-31(26)27)24-18-22-9-7-8-10-25(22)29(19-24)34(4,5)6;1-3-7-14(8-4-1)16-11-12-17(13-16)15-9-5-2-6-10-15;1-4(6)3-5(2)7;/h7-17,19H,20H2,1-6H3;1,3-4,7,11-13,15H,2,5-6,9-10H2;4-7H,3H2,1-2H3;/q-1;-2;;+3. The van der Waals surface area contributed by atoms with E-state index in [1.807, 2.05) is 29.7 Å². The number of anilines is 1. The molecule has 1 aliphatic carbocycles.